The zero-order valence-electron chi connectivity index (χ0n) is 16.0. The Balaban J connectivity index is 1.44. The van der Waals surface area contributed by atoms with E-state index in [9.17, 15) is 5.21 Å². The number of benzene rings is 1. The summed E-state index contributed by atoms with van der Waals surface area (Å²) in [4.78, 5) is 6.85. The van der Waals surface area contributed by atoms with E-state index in [-0.39, 0.29) is 0 Å². The first kappa shape index (κ1) is 17.8. The summed E-state index contributed by atoms with van der Waals surface area (Å²) in [5, 5.41) is 14.1. The molecule has 0 spiro atoms. The average Bonchev–Trinajstić information content (AvgIpc) is 3.44. The molecule has 5 rings (SSSR count). The molecule has 3 aromatic heterocycles. The number of aromatic nitrogens is 2. The number of fused-ring (bicyclic) bond motifs is 2. The van der Waals surface area contributed by atoms with E-state index in [0.29, 0.717) is 34.4 Å². The fourth-order valence-corrected chi connectivity index (χ4v) is 3.82. The molecule has 7 nitrogen and oxygen atoms in total. The lowest BCUT2D eigenvalue weighted by Gasteiger charge is -2.15. The monoisotopic (exact) mass is 390 g/mol. The first-order valence-electron chi connectivity index (χ1n) is 9.84. The average molecular weight is 390 g/mol. The van der Waals surface area contributed by atoms with Gasteiger partial charge in [0.15, 0.2) is 5.76 Å². The minimum absolute atomic E-state index is 0.420. The van der Waals surface area contributed by atoms with Crippen molar-refractivity contribution in [1.82, 2.24) is 14.3 Å². The highest BCUT2D eigenvalue weighted by molar-refractivity contribution is 5.80. The fourth-order valence-electron chi connectivity index (χ4n) is 3.82. The molecule has 1 aliphatic rings. The normalized spacial score (nSPS) is 15.5. The van der Waals surface area contributed by atoms with Crippen LogP contribution in [0.15, 0.2) is 64.6 Å². The van der Waals surface area contributed by atoms with E-state index in [1.807, 2.05) is 47.0 Å². The smallest absolute Gasteiger partial charge is 0.155 e. The molecule has 0 radical (unpaired) electrons. The second-order valence-corrected chi connectivity index (χ2v) is 7.27. The lowest BCUT2D eigenvalue weighted by molar-refractivity contribution is 0.238. The van der Waals surface area contributed by atoms with Gasteiger partial charge in [-0.25, -0.2) is 4.98 Å². The fraction of sp³-hybridized carbons (Fsp3) is 0.273. The van der Waals surface area contributed by atoms with Crippen molar-refractivity contribution in [2.75, 3.05) is 26.2 Å². The molecule has 1 aliphatic heterocycles. The van der Waals surface area contributed by atoms with Crippen LogP contribution in [0.1, 0.15) is 12.8 Å². The summed E-state index contributed by atoms with van der Waals surface area (Å²) < 4.78 is 13.9. The summed E-state index contributed by atoms with van der Waals surface area (Å²) in [6.45, 7) is 3.86. The quantitative estimate of drug-likeness (QED) is 0.417. The van der Waals surface area contributed by atoms with Crippen LogP contribution in [0.25, 0.3) is 27.9 Å². The van der Waals surface area contributed by atoms with Gasteiger partial charge in [0.1, 0.15) is 29.0 Å². The molecular formula is C22H22N4O3. The van der Waals surface area contributed by atoms with Gasteiger partial charge in [0.05, 0.1) is 11.7 Å². The van der Waals surface area contributed by atoms with Crippen molar-refractivity contribution >= 4 is 16.5 Å². The molecule has 0 amide bonds. The lowest BCUT2D eigenvalue weighted by atomic mass is 10.2. The molecule has 4 heterocycles. The minimum atomic E-state index is 0.420. The zero-order chi connectivity index (χ0) is 19.6. The third-order valence-corrected chi connectivity index (χ3v) is 5.37. The molecule has 1 aromatic carbocycles. The van der Waals surface area contributed by atoms with Crippen LogP contribution in [0, 0.1) is 0 Å². The zero-order valence-corrected chi connectivity index (χ0v) is 16.0. The Hall–Kier alpha value is -3.32. The summed E-state index contributed by atoms with van der Waals surface area (Å²) in [7, 11) is 0. The maximum absolute atomic E-state index is 9.57. The molecule has 0 atom stereocenters. The summed E-state index contributed by atoms with van der Waals surface area (Å²) in [6, 6.07) is 13.2. The van der Waals surface area contributed by atoms with Gasteiger partial charge >= 0.3 is 0 Å². The van der Waals surface area contributed by atoms with E-state index in [4.69, 9.17) is 9.15 Å². The van der Waals surface area contributed by atoms with Crippen LogP contribution < -0.4 is 10.1 Å². The molecule has 4 aromatic rings. The van der Waals surface area contributed by atoms with Crippen LogP contribution >= 0.6 is 0 Å². The SMILES string of the molecule is ON=c1cc(-c2cc3cccn3cn2)oc2ccc(OCCN3CCCC3)cc12. The van der Waals surface area contributed by atoms with Gasteiger partial charge in [-0.2, -0.15) is 0 Å². The Kier molecular flexibility index (Phi) is 4.65. The molecule has 0 unspecified atom stereocenters. The van der Waals surface area contributed by atoms with Crippen molar-refractivity contribution in [3.63, 3.8) is 0 Å². The Morgan fingerprint density at radius 3 is 2.90 bits per heavy atom. The van der Waals surface area contributed by atoms with Gasteiger partial charge in [-0.3, -0.25) is 4.90 Å². The highest BCUT2D eigenvalue weighted by Crippen LogP contribution is 2.24. The molecule has 29 heavy (non-hydrogen) atoms. The molecule has 1 saturated heterocycles. The van der Waals surface area contributed by atoms with Crippen molar-refractivity contribution < 1.29 is 14.4 Å². The lowest BCUT2D eigenvalue weighted by Crippen LogP contribution is -2.25. The van der Waals surface area contributed by atoms with E-state index in [1.54, 1.807) is 12.4 Å². The Morgan fingerprint density at radius 2 is 2.03 bits per heavy atom. The minimum Gasteiger partial charge on any atom is -0.492 e. The van der Waals surface area contributed by atoms with Gasteiger partial charge in [-0.15, -0.1) is 0 Å². The molecular weight excluding hydrogens is 368 g/mol. The second-order valence-electron chi connectivity index (χ2n) is 7.27. The highest BCUT2D eigenvalue weighted by atomic mass is 16.5. The van der Waals surface area contributed by atoms with Gasteiger partial charge < -0.3 is 18.8 Å². The van der Waals surface area contributed by atoms with E-state index < -0.39 is 0 Å². The maximum atomic E-state index is 9.57. The van der Waals surface area contributed by atoms with Gasteiger partial charge in [-0.1, -0.05) is 5.16 Å². The van der Waals surface area contributed by atoms with Crippen molar-refractivity contribution in [2.45, 2.75) is 12.8 Å². The Morgan fingerprint density at radius 1 is 1.14 bits per heavy atom. The number of rotatable bonds is 5. The molecule has 1 fully saturated rings. The van der Waals surface area contributed by atoms with Crippen molar-refractivity contribution in [1.29, 1.82) is 0 Å². The predicted molar refractivity (Wildman–Crippen MR) is 109 cm³/mol. The third-order valence-electron chi connectivity index (χ3n) is 5.37. The number of nitrogens with zero attached hydrogens (tertiary/aromatic N) is 4. The van der Waals surface area contributed by atoms with Crippen molar-refractivity contribution in [2.24, 2.45) is 5.16 Å². The topological polar surface area (TPSA) is 75.5 Å². The first-order chi connectivity index (χ1) is 14.3. The maximum Gasteiger partial charge on any atom is 0.155 e. The molecule has 148 valence electrons. The van der Waals surface area contributed by atoms with E-state index in [2.05, 4.69) is 15.0 Å². The van der Waals surface area contributed by atoms with Gasteiger partial charge in [0, 0.05) is 24.3 Å². The van der Waals surface area contributed by atoms with Crippen LogP contribution in [-0.4, -0.2) is 45.7 Å². The Bertz CT molecular complexity index is 1220. The van der Waals surface area contributed by atoms with E-state index >= 15 is 0 Å². The summed E-state index contributed by atoms with van der Waals surface area (Å²) in [6.07, 6.45) is 6.21. The van der Waals surface area contributed by atoms with Crippen molar-refractivity contribution in [3.05, 3.63) is 60.3 Å². The van der Waals surface area contributed by atoms with Crippen molar-refractivity contribution in [3.8, 4) is 17.2 Å². The molecule has 1 N–H and O–H groups in total. The van der Waals surface area contributed by atoms with Gasteiger partial charge in [-0.05, 0) is 62.3 Å². The Labute approximate surface area is 167 Å². The number of hydrogen-bond donors (Lipinski definition) is 1. The van der Waals surface area contributed by atoms with Crippen LogP contribution in [0.3, 0.4) is 0 Å². The number of likely N-dealkylation sites (tertiary alicyclic amines) is 1. The van der Waals surface area contributed by atoms with E-state index in [1.165, 1.54) is 12.8 Å². The van der Waals surface area contributed by atoms with Gasteiger partial charge in [0.2, 0.25) is 0 Å². The first-order valence-corrected chi connectivity index (χ1v) is 9.84. The summed E-state index contributed by atoms with van der Waals surface area (Å²) in [5.74, 6) is 1.27. The molecule has 7 heteroatoms. The molecule has 0 aliphatic carbocycles. The largest absolute Gasteiger partial charge is 0.492 e. The molecule has 0 bridgehead atoms. The third kappa shape index (κ3) is 3.56. The van der Waals surface area contributed by atoms with Crippen LogP contribution in [0.4, 0.5) is 0 Å². The van der Waals surface area contributed by atoms with Crippen LogP contribution in [0.2, 0.25) is 0 Å². The van der Waals surface area contributed by atoms with E-state index in [0.717, 1.165) is 30.9 Å². The number of hydrogen-bond acceptors (Lipinski definition) is 6. The highest BCUT2D eigenvalue weighted by Gasteiger charge is 2.12. The van der Waals surface area contributed by atoms with Crippen LogP contribution in [-0.2, 0) is 0 Å². The summed E-state index contributed by atoms with van der Waals surface area (Å²) in [5.41, 5.74) is 2.29. The predicted octanol–water partition coefficient (Wildman–Crippen LogP) is 3.51. The standard InChI is InChI=1S/C22H22N4O3/c27-24-19-14-22(20-12-16-4-3-9-26(16)15-23-20)29-21-6-5-17(13-18(19)21)28-11-10-25-7-1-2-8-25/h3-6,9,12-15,27H,1-2,7-8,10-11H2. The van der Waals surface area contributed by atoms with Gasteiger partial charge in [0.25, 0.3) is 0 Å². The van der Waals surface area contributed by atoms with Crippen LogP contribution in [0.5, 0.6) is 5.75 Å². The summed E-state index contributed by atoms with van der Waals surface area (Å²) >= 11 is 0. The second kappa shape index (κ2) is 7.60. The molecule has 0 saturated carbocycles. The number of ether oxygens (including phenoxy) is 1.